The topological polar surface area (TPSA) is 78.2 Å². The van der Waals surface area contributed by atoms with Gasteiger partial charge in [-0.25, -0.2) is 0 Å². The number of nitrogens with zero attached hydrogens (tertiary/aromatic N) is 1. The molecule has 0 radical (unpaired) electrons. The number of rotatable bonds is 2. The summed E-state index contributed by atoms with van der Waals surface area (Å²) in [7, 11) is 0. The summed E-state index contributed by atoms with van der Waals surface area (Å²) in [6.45, 7) is -0.416. The van der Waals surface area contributed by atoms with Crippen LogP contribution in [0.3, 0.4) is 0 Å². The zero-order chi connectivity index (χ0) is 10.1. The first-order valence-corrected chi connectivity index (χ1v) is 4.87. The van der Waals surface area contributed by atoms with Gasteiger partial charge in [0, 0.05) is 0 Å². The monoisotopic (exact) mass is 198 g/mol. The van der Waals surface area contributed by atoms with Gasteiger partial charge in [-0.05, 0) is 12.8 Å². The zero-order valence-corrected chi connectivity index (χ0v) is 7.86. The lowest BCUT2D eigenvalue weighted by atomic mass is 10.2. The van der Waals surface area contributed by atoms with Crippen LogP contribution in [-0.4, -0.2) is 20.0 Å². The van der Waals surface area contributed by atoms with Crippen LogP contribution < -0.4 is 5.56 Å². The van der Waals surface area contributed by atoms with E-state index in [0.717, 1.165) is 25.7 Å². The van der Waals surface area contributed by atoms with Crippen molar-refractivity contribution in [2.24, 2.45) is 0 Å². The van der Waals surface area contributed by atoms with Crippen LogP contribution in [-0.2, 0) is 6.61 Å². The Bertz CT molecular complexity index is 374. The van der Waals surface area contributed by atoms with Crippen molar-refractivity contribution < 1.29 is 10.2 Å². The molecular formula is C9H14N2O3. The average Bonchev–Trinajstić information content (AvgIpc) is 2.74. The Hall–Kier alpha value is -1.23. The predicted octanol–water partition coefficient (Wildman–Crippen LogP) is 0.489. The molecule has 3 N–H and O–H groups in total. The standard InChI is InChI=1S/C9H14N2O3/c12-5-7-8(13)10-11(9(7)14)6-3-1-2-4-6/h6,12,14H,1-5H2,(H,10,13). The van der Waals surface area contributed by atoms with Crippen molar-refractivity contribution in [1.82, 2.24) is 9.78 Å². The maximum absolute atomic E-state index is 11.3. The molecule has 2 rings (SSSR count). The van der Waals surface area contributed by atoms with E-state index in [9.17, 15) is 9.90 Å². The number of aromatic amines is 1. The minimum atomic E-state index is -0.416. The van der Waals surface area contributed by atoms with Crippen LogP contribution in [0.1, 0.15) is 37.3 Å². The Labute approximate surface area is 81.0 Å². The molecule has 1 aliphatic rings. The summed E-state index contributed by atoms with van der Waals surface area (Å²) in [6, 6.07) is 0.183. The van der Waals surface area contributed by atoms with Crippen LogP contribution in [0, 0.1) is 0 Å². The van der Waals surface area contributed by atoms with Gasteiger partial charge in [0.1, 0.15) is 5.56 Å². The van der Waals surface area contributed by atoms with Gasteiger partial charge >= 0.3 is 0 Å². The zero-order valence-electron chi connectivity index (χ0n) is 7.86. The smallest absolute Gasteiger partial charge is 0.273 e. The number of aliphatic hydroxyl groups is 1. The largest absolute Gasteiger partial charge is 0.493 e. The molecule has 0 atom stereocenters. The molecule has 0 unspecified atom stereocenters. The summed E-state index contributed by atoms with van der Waals surface area (Å²) in [5.74, 6) is -0.107. The number of aromatic nitrogens is 2. The van der Waals surface area contributed by atoms with Crippen molar-refractivity contribution in [2.75, 3.05) is 0 Å². The van der Waals surface area contributed by atoms with Crippen LogP contribution in [0.4, 0.5) is 0 Å². The van der Waals surface area contributed by atoms with Gasteiger partial charge in [-0.15, -0.1) is 0 Å². The van der Waals surface area contributed by atoms with Crippen molar-refractivity contribution in [3.8, 4) is 5.88 Å². The van der Waals surface area contributed by atoms with Gasteiger partial charge in [0.05, 0.1) is 12.6 Å². The number of hydrogen-bond acceptors (Lipinski definition) is 3. The quantitative estimate of drug-likeness (QED) is 0.647. The average molecular weight is 198 g/mol. The van der Waals surface area contributed by atoms with Gasteiger partial charge in [0.25, 0.3) is 5.56 Å². The Kier molecular flexibility index (Phi) is 2.33. The fourth-order valence-electron chi connectivity index (χ4n) is 2.05. The number of nitrogens with one attached hydrogen (secondary N) is 1. The molecule has 0 aliphatic heterocycles. The van der Waals surface area contributed by atoms with E-state index >= 15 is 0 Å². The lowest BCUT2D eigenvalue weighted by molar-refractivity contribution is 0.270. The third-order valence-electron chi connectivity index (χ3n) is 2.84. The van der Waals surface area contributed by atoms with E-state index in [-0.39, 0.29) is 17.5 Å². The van der Waals surface area contributed by atoms with Gasteiger partial charge < -0.3 is 10.2 Å². The molecule has 0 aromatic carbocycles. The number of aliphatic hydroxyl groups excluding tert-OH is 1. The first kappa shape index (κ1) is 9.33. The molecule has 1 aliphatic carbocycles. The van der Waals surface area contributed by atoms with E-state index in [1.165, 1.54) is 4.68 Å². The van der Waals surface area contributed by atoms with Crippen molar-refractivity contribution in [3.63, 3.8) is 0 Å². The maximum Gasteiger partial charge on any atom is 0.273 e. The normalized spacial score (nSPS) is 17.8. The van der Waals surface area contributed by atoms with E-state index in [4.69, 9.17) is 5.11 Å². The van der Waals surface area contributed by atoms with E-state index < -0.39 is 12.2 Å². The summed E-state index contributed by atoms with van der Waals surface area (Å²) in [4.78, 5) is 11.3. The first-order chi connectivity index (χ1) is 6.74. The summed E-state index contributed by atoms with van der Waals surface area (Å²) in [6.07, 6.45) is 4.20. The van der Waals surface area contributed by atoms with Gasteiger partial charge in [-0.2, -0.15) is 0 Å². The second kappa shape index (κ2) is 3.49. The second-order valence-corrected chi connectivity index (χ2v) is 3.71. The van der Waals surface area contributed by atoms with Crippen molar-refractivity contribution in [3.05, 3.63) is 15.9 Å². The molecule has 78 valence electrons. The molecule has 1 heterocycles. The Morgan fingerprint density at radius 3 is 2.57 bits per heavy atom. The third-order valence-corrected chi connectivity index (χ3v) is 2.84. The van der Waals surface area contributed by atoms with Crippen LogP contribution in [0.5, 0.6) is 5.88 Å². The van der Waals surface area contributed by atoms with Crippen LogP contribution in [0.2, 0.25) is 0 Å². The molecular weight excluding hydrogens is 184 g/mol. The fourth-order valence-corrected chi connectivity index (χ4v) is 2.05. The molecule has 5 heteroatoms. The summed E-state index contributed by atoms with van der Waals surface area (Å²) in [5, 5.41) is 21.1. The molecule has 0 bridgehead atoms. The minimum absolute atomic E-state index is 0.0666. The van der Waals surface area contributed by atoms with E-state index in [0.29, 0.717) is 0 Å². The summed E-state index contributed by atoms with van der Waals surface area (Å²) >= 11 is 0. The van der Waals surface area contributed by atoms with Gasteiger partial charge in [0.2, 0.25) is 5.88 Å². The summed E-state index contributed by atoms with van der Waals surface area (Å²) < 4.78 is 1.49. The van der Waals surface area contributed by atoms with E-state index in [1.807, 2.05) is 0 Å². The molecule has 0 saturated heterocycles. The highest BCUT2D eigenvalue weighted by Gasteiger charge is 2.22. The molecule has 1 aromatic heterocycles. The van der Waals surface area contributed by atoms with Crippen molar-refractivity contribution in [2.45, 2.75) is 38.3 Å². The lowest BCUT2D eigenvalue weighted by Crippen LogP contribution is -2.10. The Morgan fingerprint density at radius 1 is 1.43 bits per heavy atom. The highest BCUT2D eigenvalue weighted by Crippen LogP contribution is 2.31. The van der Waals surface area contributed by atoms with Gasteiger partial charge in [-0.3, -0.25) is 14.6 Å². The highest BCUT2D eigenvalue weighted by molar-refractivity contribution is 5.22. The minimum Gasteiger partial charge on any atom is -0.493 e. The predicted molar refractivity (Wildman–Crippen MR) is 50.1 cm³/mol. The van der Waals surface area contributed by atoms with E-state index in [1.54, 1.807) is 0 Å². The van der Waals surface area contributed by atoms with Crippen molar-refractivity contribution >= 4 is 0 Å². The van der Waals surface area contributed by atoms with Crippen LogP contribution in [0.15, 0.2) is 4.79 Å². The van der Waals surface area contributed by atoms with Gasteiger partial charge in [-0.1, -0.05) is 12.8 Å². The Balaban J connectivity index is 2.38. The highest BCUT2D eigenvalue weighted by atomic mass is 16.3. The Morgan fingerprint density at radius 2 is 2.07 bits per heavy atom. The molecule has 1 fully saturated rings. The molecule has 5 nitrogen and oxygen atoms in total. The van der Waals surface area contributed by atoms with Crippen LogP contribution in [0.25, 0.3) is 0 Å². The van der Waals surface area contributed by atoms with E-state index in [2.05, 4.69) is 5.10 Å². The van der Waals surface area contributed by atoms with Crippen LogP contribution >= 0.6 is 0 Å². The number of H-pyrrole nitrogens is 1. The maximum atomic E-state index is 11.3. The molecule has 1 aromatic rings. The number of aromatic hydroxyl groups is 1. The molecule has 1 saturated carbocycles. The fraction of sp³-hybridized carbons (Fsp3) is 0.667. The third kappa shape index (κ3) is 1.33. The SMILES string of the molecule is O=c1[nH]n(C2CCCC2)c(O)c1CO. The number of hydrogen-bond donors (Lipinski definition) is 3. The first-order valence-electron chi connectivity index (χ1n) is 4.87. The lowest BCUT2D eigenvalue weighted by Gasteiger charge is -2.11. The second-order valence-electron chi connectivity index (χ2n) is 3.71. The van der Waals surface area contributed by atoms with Gasteiger partial charge in [0.15, 0.2) is 0 Å². The van der Waals surface area contributed by atoms with Crippen molar-refractivity contribution in [1.29, 1.82) is 0 Å². The molecule has 0 spiro atoms. The molecule has 14 heavy (non-hydrogen) atoms. The molecule has 0 amide bonds. The summed E-state index contributed by atoms with van der Waals surface area (Å²) in [5.41, 5.74) is -0.325.